The second-order valence-corrected chi connectivity index (χ2v) is 7.79. The third-order valence-corrected chi connectivity index (χ3v) is 6.33. The third kappa shape index (κ3) is 2.66. The molecule has 4 atom stereocenters. The summed E-state index contributed by atoms with van der Waals surface area (Å²) in [5.41, 5.74) is -0.458. The molecule has 4 unspecified atom stereocenters. The zero-order chi connectivity index (χ0) is 15.9. The van der Waals surface area contributed by atoms with E-state index in [1.54, 1.807) is 7.11 Å². The van der Waals surface area contributed by atoms with Crippen LogP contribution in [0.1, 0.15) is 53.4 Å². The first-order chi connectivity index (χ1) is 9.68. The number of aliphatic hydroxyl groups is 1. The van der Waals surface area contributed by atoms with Crippen LogP contribution in [0.15, 0.2) is 0 Å². The highest BCUT2D eigenvalue weighted by atomic mass is 16.5. The number of aliphatic hydroxyl groups excluding tert-OH is 1. The number of ether oxygens (including phenoxy) is 1. The van der Waals surface area contributed by atoms with E-state index in [-0.39, 0.29) is 41.2 Å². The monoisotopic (exact) mass is 298 g/mol. The third-order valence-electron chi connectivity index (χ3n) is 6.33. The lowest BCUT2D eigenvalue weighted by Crippen LogP contribution is -2.69. The van der Waals surface area contributed by atoms with Crippen LogP contribution in [0.5, 0.6) is 0 Å². The zero-order valence-corrected chi connectivity index (χ0v) is 14.0. The van der Waals surface area contributed by atoms with Gasteiger partial charge in [0.2, 0.25) is 0 Å². The van der Waals surface area contributed by atoms with Gasteiger partial charge in [-0.3, -0.25) is 0 Å². The molecule has 122 valence electrons. The minimum absolute atomic E-state index is 0.0551. The van der Waals surface area contributed by atoms with Gasteiger partial charge >= 0.3 is 6.03 Å². The standard InChI is InChI=1S/C16H30N2O3/c1-14(2)12(9-16(14,4)21-5)18-13(20)17-11-7-6-8-15(11,3)10-19/h11-12,19H,6-10H2,1-5H3,(H2,17,18,20). The minimum atomic E-state index is -0.187. The van der Waals surface area contributed by atoms with Crippen molar-refractivity contribution in [1.29, 1.82) is 0 Å². The van der Waals surface area contributed by atoms with Gasteiger partial charge in [-0.15, -0.1) is 0 Å². The first-order valence-electron chi connectivity index (χ1n) is 7.91. The Labute approximate surface area is 127 Å². The summed E-state index contributed by atoms with van der Waals surface area (Å²) < 4.78 is 5.58. The van der Waals surface area contributed by atoms with E-state index in [0.29, 0.717) is 0 Å². The highest BCUT2D eigenvalue weighted by Gasteiger charge is 2.58. The number of rotatable bonds is 4. The molecule has 0 heterocycles. The fraction of sp³-hybridized carbons (Fsp3) is 0.938. The van der Waals surface area contributed by atoms with Crippen molar-refractivity contribution in [1.82, 2.24) is 10.6 Å². The lowest BCUT2D eigenvalue weighted by molar-refractivity contribution is -0.177. The molecule has 0 aromatic heterocycles. The van der Waals surface area contributed by atoms with Gasteiger partial charge in [0.05, 0.1) is 12.2 Å². The van der Waals surface area contributed by atoms with Gasteiger partial charge in [0.25, 0.3) is 0 Å². The number of methoxy groups -OCH3 is 1. The first-order valence-corrected chi connectivity index (χ1v) is 7.91. The summed E-state index contributed by atoms with van der Waals surface area (Å²) in [5.74, 6) is 0. The number of carbonyl (C=O) groups excluding carboxylic acids is 1. The van der Waals surface area contributed by atoms with Crippen molar-refractivity contribution >= 4 is 6.03 Å². The van der Waals surface area contributed by atoms with E-state index in [1.165, 1.54) is 0 Å². The Hall–Kier alpha value is -0.810. The smallest absolute Gasteiger partial charge is 0.315 e. The van der Waals surface area contributed by atoms with Gasteiger partial charge in [-0.05, 0) is 26.2 Å². The maximum absolute atomic E-state index is 12.2. The normalized spacial score (nSPS) is 41.4. The van der Waals surface area contributed by atoms with Crippen molar-refractivity contribution in [3.63, 3.8) is 0 Å². The summed E-state index contributed by atoms with van der Waals surface area (Å²) in [7, 11) is 1.73. The van der Waals surface area contributed by atoms with E-state index < -0.39 is 0 Å². The molecule has 0 aromatic rings. The topological polar surface area (TPSA) is 70.6 Å². The summed E-state index contributed by atoms with van der Waals surface area (Å²) in [6, 6.07) is 0.0431. The van der Waals surface area contributed by atoms with Crippen LogP contribution in [0, 0.1) is 10.8 Å². The van der Waals surface area contributed by atoms with Crippen LogP contribution in [0.3, 0.4) is 0 Å². The average Bonchev–Trinajstić information content (AvgIpc) is 2.80. The first kappa shape index (κ1) is 16.6. The fourth-order valence-corrected chi connectivity index (χ4v) is 3.75. The van der Waals surface area contributed by atoms with Crippen molar-refractivity contribution in [2.24, 2.45) is 10.8 Å². The van der Waals surface area contributed by atoms with E-state index in [1.807, 2.05) is 6.92 Å². The molecule has 0 saturated heterocycles. The SMILES string of the molecule is COC1(C)CC(NC(=O)NC2CCCC2(C)CO)C1(C)C. The van der Waals surface area contributed by atoms with Gasteiger partial charge in [-0.25, -0.2) is 4.79 Å². The Balaban J connectivity index is 1.89. The van der Waals surface area contributed by atoms with E-state index in [0.717, 1.165) is 25.7 Å². The highest BCUT2D eigenvalue weighted by Crippen LogP contribution is 2.51. The van der Waals surface area contributed by atoms with Crippen LogP contribution in [0.25, 0.3) is 0 Å². The summed E-state index contributed by atoms with van der Waals surface area (Å²) in [6.07, 6.45) is 3.78. The molecule has 5 nitrogen and oxygen atoms in total. The van der Waals surface area contributed by atoms with Crippen LogP contribution < -0.4 is 10.6 Å². The molecular formula is C16H30N2O3. The van der Waals surface area contributed by atoms with Gasteiger partial charge in [-0.1, -0.05) is 27.2 Å². The zero-order valence-electron chi connectivity index (χ0n) is 14.0. The van der Waals surface area contributed by atoms with Crippen LogP contribution in [-0.4, -0.2) is 42.5 Å². The molecule has 2 fully saturated rings. The second-order valence-electron chi connectivity index (χ2n) is 7.79. The summed E-state index contributed by atoms with van der Waals surface area (Å²) in [4.78, 5) is 12.2. The van der Waals surface area contributed by atoms with E-state index in [2.05, 4.69) is 31.4 Å². The van der Waals surface area contributed by atoms with E-state index in [4.69, 9.17) is 4.74 Å². The van der Waals surface area contributed by atoms with E-state index >= 15 is 0 Å². The Morgan fingerprint density at radius 3 is 2.38 bits per heavy atom. The Morgan fingerprint density at radius 2 is 1.86 bits per heavy atom. The van der Waals surface area contributed by atoms with Crippen LogP contribution in [0.2, 0.25) is 0 Å². The largest absolute Gasteiger partial charge is 0.396 e. The summed E-state index contributed by atoms with van der Waals surface area (Å²) in [6.45, 7) is 8.49. The molecule has 0 aromatic carbocycles. The summed E-state index contributed by atoms with van der Waals surface area (Å²) >= 11 is 0. The molecule has 0 aliphatic heterocycles. The predicted octanol–water partition coefficient (Wildman–Crippen LogP) is 2.04. The Morgan fingerprint density at radius 1 is 1.24 bits per heavy atom. The number of nitrogens with one attached hydrogen (secondary N) is 2. The molecule has 2 saturated carbocycles. The minimum Gasteiger partial charge on any atom is -0.396 e. The highest BCUT2D eigenvalue weighted by molar-refractivity contribution is 5.75. The van der Waals surface area contributed by atoms with Gasteiger partial charge in [0, 0.05) is 30.0 Å². The quantitative estimate of drug-likeness (QED) is 0.744. The Kier molecular flexibility index (Phi) is 4.28. The molecule has 21 heavy (non-hydrogen) atoms. The maximum Gasteiger partial charge on any atom is 0.315 e. The van der Waals surface area contributed by atoms with Crippen LogP contribution in [-0.2, 0) is 4.74 Å². The molecule has 0 spiro atoms. The molecule has 0 radical (unpaired) electrons. The Bertz CT molecular complexity index is 412. The second kappa shape index (κ2) is 5.43. The molecule has 2 rings (SSSR count). The van der Waals surface area contributed by atoms with Crippen molar-refractivity contribution in [3.8, 4) is 0 Å². The number of hydrogen-bond acceptors (Lipinski definition) is 3. The predicted molar refractivity (Wildman–Crippen MR) is 82.1 cm³/mol. The molecule has 3 N–H and O–H groups in total. The summed E-state index contributed by atoms with van der Waals surface area (Å²) in [5, 5.41) is 15.7. The number of urea groups is 1. The van der Waals surface area contributed by atoms with Gasteiger partial charge in [-0.2, -0.15) is 0 Å². The van der Waals surface area contributed by atoms with Crippen molar-refractivity contribution < 1.29 is 14.6 Å². The van der Waals surface area contributed by atoms with Crippen molar-refractivity contribution in [2.75, 3.05) is 13.7 Å². The lowest BCUT2D eigenvalue weighted by Gasteiger charge is -2.59. The van der Waals surface area contributed by atoms with Crippen LogP contribution in [0.4, 0.5) is 4.79 Å². The maximum atomic E-state index is 12.2. The molecule has 2 aliphatic carbocycles. The van der Waals surface area contributed by atoms with E-state index in [9.17, 15) is 9.90 Å². The van der Waals surface area contributed by atoms with Gasteiger partial charge in [0.15, 0.2) is 0 Å². The van der Waals surface area contributed by atoms with Crippen LogP contribution >= 0.6 is 0 Å². The fourth-order valence-electron chi connectivity index (χ4n) is 3.75. The number of amides is 2. The number of carbonyl (C=O) groups is 1. The average molecular weight is 298 g/mol. The van der Waals surface area contributed by atoms with Gasteiger partial charge < -0.3 is 20.5 Å². The van der Waals surface area contributed by atoms with Gasteiger partial charge in [0.1, 0.15) is 0 Å². The van der Waals surface area contributed by atoms with Crippen molar-refractivity contribution in [2.45, 2.75) is 71.1 Å². The molecular weight excluding hydrogens is 268 g/mol. The lowest BCUT2D eigenvalue weighted by atomic mass is 9.56. The molecule has 0 bridgehead atoms. The number of hydrogen-bond donors (Lipinski definition) is 3. The molecule has 2 aliphatic rings. The molecule has 5 heteroatoms. The molecule has 2 amide bonds. The van der Waals surface area contributed by atoms with Crippen molar-refractivity contribution in [3.05, 3.63) is 0 Å².